The molecule has 0 amide bonds. The number of benzene rings is 1. The molecule has 5 aromatic rings. The minimum atomic E-state index is -4.66. The number of fused-ring (bicyclic) bond motifs is 1. The van der Waals surface area contributed by atoms with Gasteiger partial charge in [0.15, 0.2) is 5.82 Å². The Labute approximate surface area is 174 Å². The number of nitrogens with zero attached hydrogens (tertiary/aromatic N) is 5. The van der Waals surface area contributed by atoms with Gasteiger partial charge in [-0.1, -0.05) is 30.3 Å². The number of pyridine rings is 1. The zero-order chi connectivity index (χ0) is 21.8. The van der Waals surface area contributed by atoms with Crippen molar-refractivity contribution in [3.8, 4) is 34.0 Å². The van der Waals surface area contributed by atoms with Crippen molar-refractivity contribution in [2.45, 2.75) is 20.0 Å². The fraction of sp³-hybridized carbons (Fsp3) is 0.143. The number of hydrogen-bond acceptors (Lipinski definition) is 4. The van der Waals surface area contributed by atoms with Crippen LogP contribution in [0.25, 0.3) is 39.7 Å². The predicted molar refractivity (Wildman–Crippen MR) is 108 cm³/mol. The molecule has 0 spiro atoms. The van der Waals surface area contributed by atoms with Crippen LogP contribution in [0.3, 0.4) is 0 Å². The van der Waals surface area contributed by atoms with Crippen molar-refractivity contribution in [1.82, 2.24) is 34.5 Å². The smallest absolute Gasteiger partial charge is 0.343 e. The molecule has 0 unspecified atom stereocenters. The average molecular weight is 423 g/mol. The highest BCUT2D eigenvalue weighted by Gasteiger charge is 2.37. The topological polar surface area (TPSA) is 87.5 Å². The van der Waals surface area contributed by atoms with Gasteiger partial charge in [0.2, 0.25) is 0 Å². The Balaban J connectivity index is 1.83. The fourth-order valence-electron chi connectivity index (χ4n) is 3.87. The molecule has 4 heterocycles. The molecule has 0 bridgehead atoms. The number of alkyl halides is 3. The van der Waals surface area contributed by atoms with Crippen LogP contribution in [0.4, 0.5) is 13.2 Å². The van der Waals surface area contributed by atoms with E-state index in [2.05, 4.69) is 30.1 Å². The number of aromatic nitrogens is 7. The molecule has 1 aromatic carbocycles. The summed E-state index contributed by atoms with van der Waals surface area (Å²) in [6, 6.07) is 11.8. The summed E-state index contributed by atoms with van der Waals surface area (Å²) in [5.74, 6) is -1.31. The summed E-state index contributed by atoms with van der Waals surface area (Å²) in [6.07, 6.45) is -1.56. The van der Waals surface area contributed by atoms with Crippen LogP contribution in [0.2, 0.25) is 0 Å². The van der Waals surface area contributed by atoms with E-state index in [0.29, 0.717) is 17.0 Å². The lowest BCUT2D eigenvalue weighted by Gasteiger charge is -2.14. The minimum Gasteiger partial charge on any atom is -0.343 e. The van der Waals surface area contributed by atoms with Crippen LogP contribution in [0.1, 0.15) is 17.1 Å². The van der Waals surface area contributed by atoms with Gasteiger partial charge in [-0.2, -0.15) is 13.2 Å². The second-order valence-electron chi connectivity index (χ2n) is 7.13. The maximum atomic E-state index is 13.1. The van der Waals surface area contributed by atoms with Gasteiger partial charge in [0.25, 0.3) is 5.82 Å². The molecule has 0 saturated heterocycles. The standard InChI is InChI=1S/C21H16F3N7/c1-11-8-15-27-17(19-28-20(30-29-19)21(22,23)24)18(14-9-25-10-26-14)31(15)12(2)16(11)13-6-4-3-5-7-13/h3-10H,1-2H3,(H,25,26)(H,28,29,30). The van der Waals surface area contributed by atoms with Gasteiger partial charge >= 0.3 is 6.18 Å². The Bertz CT molecular complexity index is 1380. The van der Waals surface area contributed by atoms with Crippen molar-refractivity contribution < 1.29 is 13.2 Å². The molecule has 0 atom stereocenters. The summed E-state index contributed by atoms with van der Waals surface area (Å²) in [6.45, 7) is 3.94. The van der Waals surface area contributed by atoms with Gasteiger partial charge in [0, 0.05) is 11.3 Å². The number of rotatable bonds is 3. The van der Waals surface area contributed by atoms with E-state index < -0.39 is 12.0 Å². The molecule has 0 aliphatic carbocycles. The largest absolute Gasteiger partial charge is 0.453 e. The molecule has 0 aliphatic heterocycles. The van der Waals surface area contributed by atoms with Crippen LogP contribution in [0.15, 0.2) is 48.9 Å². The summed E-state index contributed by atoms with van der Waals surface area (Å²) in [5.41, 5.74) is 5.91. The van der Waals surface area contributed by atoms with Crippen LogP contribution in [-0.4, -0.2) is 34.5 Å². The third kappa shape index (κ3) is 3.07. The normalized spacial score (nSPS) is 12.0. The summed E-state index contributed by atoms with van der Waals surface area (Å²) in [4.78, 5) is 15.3. The van der Waals surface area contributed by atoms with E-state index in [0.717, 1.165) is 22.4 Å². The fourth-order valence-corrected chi connectivity index (χ4v) is 3.87. The Kier molecular flexibility index (Phi) is 4.17. The zero-order valence-corrected chi connectivity index (χ0v) is 16.5. The van der Waals surface area contributed by atoms with Gasteiger partial charge in [-0.3, -0.25) is 9.50 Å². The molecule has 31 heavy (non-hydrogen) atoms. The Morgan fingerprint density at radius 1 is 1.03 bits per heavy atom. The van der Waals surface area contributed by atoms with Crippen molar-refractivity contribution in [1.29, 1.82) is 0 Å². The van der Waals surface area contributed by atoms with E-state index in [1.165, 1.54) is 6.33 Å². The van der Waals surface area contributed by atoms with Gasteiger partial charge in [-0.05, 0) is 31.0 Å². The molecule has 4 aromatic heterocycles. The van der Waals surface area contributed by atoms with Crippen molar-refractivity contribution in [3.05, 3.63) is 66.0 Å². The van der Waals surface area contributed by atoms with Crippen LogP contribution in [0, 0.1) is 13.8 Å². The molecular weight excluding hydrogens is 407 g/mol. The van der Waals surface area contributed by atoms with Crippen LogP contribution >= 0.6 is 0 Å². The number of halogens is 3. The van der Waals surface area contributed by atoms with Crippen molar-refractivity contribution in [2.75, 3.05) is 0 Å². The number of nitrogens with one attached hydrogen (secondary N) is 2. The van der Waals surface area contributed by atoms with Crippen molar-refractivity contribution in [2.24, 2.45) is 0 Å². The van der Waals surface area contributed by atoms with Gasteiger partial charge in [-0.25, -0.2) is 15.0 Å². The molecule has 2 N–H and O–H groups in total. The maximum absolute atomic E-state index is 13.1. The Morgan fingerprint density at radius 3 is 2.45 bits per heavy atom. The van der Waals surface area contributed by atoms with E-state index in [1.54, 1.807) is 6.20 Å². The number of aryl methyl sites for hydroxylation is 2. The third-order valence-corrected chi connectivity index (χ3v) is 5.12. The average Bonchev–Trinajstić information content (AvgIpc) is 3.47. The number of hydrogen-bond donors (Lipinski definition) is 2. The number of imidazole rings is 2. The van der Waals surface area contributed by atoms with E-state index in [1.807, 2.05) is 54.6 Å². The van der Waals surface area contributed by atoms with E-state index >= 15 is 0 Å². The summed E-state index contributed by atoms with van der Waals surface area (Å²) in [7, 11) is 0. The lowest BCUT2D eigenvalue weighted by molar-refractivity contribution is -0.144. The van der Waals surface area contributed by atoms with E-state index in [4.69, 9.17) is 0 Å². The first kappa shape index (κ1) is 19.0. The third-order valence-electron chi connectivity index (χ3n) is 5.12. The molecule has 0 radical (unpaired) electrons. The van der Waals surface area contributed by atoms with Crippen LogP contribution < -0.4 is 0 Å². The van der Waals surface area contributed by atoms with Crippen LogP contribution in [0.5, 0.6) is 0 Å². The SMILES string of the molecule is Cc1cc2nc(-c3nc(C(F)(F)F)n[nH]3)c(-c3cnc[nH]3)n2c(C)c1-c1ccccc1. The minimum absolute atomic E-state index is 0.0704. The highest BCUT2D eigenvalue weighted by Crippen LogP contribution is 2.36. The Hall–Kier alpha value is -3.95. The molecule has 5 rings (SSSR count). The van der Waals surface area contributed by atoms with E-state index in [-0.39, 0.29) is 11.5 Å². The second-order valence-corrected chi connectivity index (χ2v) is 7.13. The van der Waals surface area contributed by atoms with Gasteiger partial charge in [-0.15, -0.1) is 5.10 Å². The summed E-state index contributed by atoms with van der Waals surface area (Å²) in [5, 5.41) is 5.71. The lowest BCUT2D eigenvalue weighted by Crippen LogP contribution is -2.07. The molecule has 0 saturated carbocycles. The van der Waals surface area contributed by atoms with Crippen molar-refractivity contribution in [3.63, 3.8) is 0 Å². The Morgan fingerprint density at radius 2 is 1.81 bits per heavy atom. The molecule has 10 heteroatoms. The predicted octanol–water partition coefficient (Wildman–Crippen LogP) is 4.81. The van der Waals surface area contributed by atoms with Crippen LogP contribution in [-0.2, 0) is 6.18 Å². The molecular formula is C21H16F3N7. The number of H-pyrrole nitrogens is 2. The monoisotopic (exact) mass is 423 g/mol. The second kappa shape index (κ2) is 6.79. The van der Waals surface area contributed by atoms with Gasteiger partial charge < -0.3 is 4.98 Å². The van der Waals surface area contributed by atoms with Gasteiger partial charge in [0.05, 0.1) is 18.2 Å². The van der Waals surface area contributed by atoms with E-state index in [9.17, 15) is 13.2 Å². The number of aromatic amines is 2. The maximum Gasteiger partial charge on any atom is 0.453 e. The summed E-state index contributed by atoms with van der Waals surface area (Å²) < 4.78 is 41.1. The molecule has 156 valence electrons. The molecule has 0 fully saturated rings. The summed E-state index contributed by atoms with van der Waals surface area (Å²) >= 11 is 0. The highest BCUT2D eigenvalue weighted by atomic mass is 19.4. The first-order valence-corrected chi connectivity index (χ1v) is 9.41. The first-order valence-electron chi connectivity index (χ1n) is 9.41. The van der Waals surface area contributed by atoms with Gasteiger partial charge in [0.1, 0.15) is 17.0 Å². The zero-order valence-electron chi connectivity index (χ0n) is 16.5. The quantitative estimate of drug-likeness (QED) is 0.436. The molecule has 0 aliphatic rings. The van der Waals surface area contributed by atoms with Crippen molar-refractivity contribution >= 4 is 5.65 Å². The highest BCUT2D eigenvalue weighted by molar-refractivity contribution is 5.81. The molecule has 7 nitrogen and oxygen atoms in total. The lowest BCUT2D eigenvalue weighted by atomic mass is 9.99. The first-order chi connectivity index (χ1) is 14.8.